The van der Waals surface area contributed by atoms with Crippen LogP contribution in [0.15, 0.2) is 16.6 Å². The average molecular weight is 301 g/mol. The van der Waals surface area contributed by atoms with E-state index >= 15 is 0 Å². The molecule has 1 aromatic rings. The van der Waals surface area contributed by atoms with Gasteiger partial charge in [-0.1, -0.05) is 15.9 Å². The third-order valence-electron chi connectivity index (χ3n) is 1.99. The molecule has 0 saturated heterocycles. The average Bonchev–Trinajstić information content (AvgIpc) is 2.10. The normalized spacial score (nSPS) is 11.1. The number of hydrogen-bond acceptors (Lipinski definition) is 3. The van der Waals surface area contributed by atoms with Crippen molar-refractivity contribution in [1.29, 1.82) is 0 Å². The van der Waals surface area contributed by atoms with Crippen LogP contribution in [0.3, 0.4) is 0 Å². The molecule has 0 aromatic heterocycles. The van der Waals surface area contributed by atoms with Crippen molar-refractivity contribution >= 4 is 33.4 Å². The molecule has 0 radical (unpaired) electrons. The minimum atomic E-state index is -0.528. The van der Waals surface area contributed by atoms with Crippen LogP contribution in [-0.2, 0) is 4.74 Å². The molecule has 0 aliphatic rings. The molecule has 0 spiro atoms. The zero-order valence-corrected chi connectivity index (χ0v) is 12.0. The van der Waals surface area contributed by atoms with E-state index < -0.39 is 11.7 Å². The first kappa shape index (κ1) is 13.8. The summed E-state index contributed by atoms with van der Waals surface area (Å²) in [6.07, 6.45) is -0.512. The molecule has 0 unspecified atom stereocenters. The number of nitrogen functional groups attached to an aromatic ring is 1. The van der Waals surface area contributed by atoms with E-state index in [1.54, 1.807) is 6.07 Å². The fourth-order valence-corrected chi connectivity index (χ4v) is 1.84. The molecule has 0 aliphatic carbocycles. The smallest absolute Gasteiger partial charge is 0.412 e. The van der Waals surface area contributed by atoms with E-state index in [0.717, 1.165) is 10.0 Å². The lowest BCUT2D eigenvalue weighted by Gasteiger charge is -2.20. The first-order valence-corrected chi connectivity index (χ1v) is 6.04. The topological polar surface area (TPSA) is 64.3 Å². The lowest BCUT2D eigenvalue weighted by atomic mass is 10.2. The molecule has 4 nitrogen and oxygen atoms in total. The second kappa shape index (κ2) is 4.96. The number of amides is 1. The monoisotopic (exact) mass is 300 g/mol. The van der Waals surface area contributed by atoms with Gasteiger partial charge in [-0.2, -0.15) is 0 Å². The quantitative estimate of drug-likeness (QED) is 0.778. The molecule has 0 heterocycles. The van der Waals surface area contributed by atoms with Crippen molar-refractivity contribution in [3.63, 3.8) is 0 Å². The Morgan fingerprint density at radius 3 is 2.53 bits per heavy atom. The van der Waals surface area contributed by atoms with Crippen molar-refractivity contribution in [1.82, 2.24) is 0 Å². The highest BCUT2D eigenvalue weighted by Crippen LogP contribution is 2.27. The summed E-state index contributed by atoms with van der Waals surface area (Å²) in [7, 11) is 0. The highest BCUT2D eigenvalue weighted by Gasteiger charge is 2.17. The predicted octanol–water partition coefficient (Wildman–Crippen LogP) is 3.69. The van der Waals surface area contributed by atoms with E-state index in [0.29, 0.717) is 11.4 Å². The molecule has 0 bridgehead atoms. The predicted molar refractivity (Wildman–Crippen MR) is 73.1 cm³/mol. The van der Waals surface area contributed by atoms with Gasteiger partial charge in [0.05, 0.1) is 11.4 Å². The number of nitrogens with two attached hydrogens (primary N) is 1. The molecule has 0 atom stereocenters. The number of carbonyl (C=O) groups is 1. The first-order valence-electron chi connectivity index (χ1n) is 5.24. The maximum Gasteiger partial charge on any atom is 0.412 e. The molecule has 0 fully saturated rings. The summed E-state index contributed by atoms with van der Waals surface area (Å²) in [5.41, 5.74) is 7.33. The van der Waals surface area contributed by atoms with Crippen molar-refractivity contribution in [2.75, 3.05) is 11.1 Å². The fourth-order valence-electron chi connectivity index (χ4n) is 1.27. The van der Waals surface area contributed by atoms with E-state index in [1.165, 1.54) is 0 Å². The lowest BCUT2D eigenvalue weighted by molar-refractivity contribution is 0.0636. The summed E-state index contributed by atoms with van der Waals surface area (Å²) < 4.78 is 6.01. The lowest BCUT2D eigenvalue weighted by Crippen LogP contribution is -2.27. The van der Waals surface area contributed by atoms with Gasteiger partial charge in [-0.3, -0.25) is 5.32 Å². The number of rotatable bonds is 1. The molecular weight excluding hydrogens is 284 g/mol. The Hall–Kier alpha value is -1.23. The van der Waals surface area contributed by atoms with Gasteiger partial charge in [-0.05, 0) is 45.4 Å². The van der Waals surface area contributed by atoms with Crippen LogP contribution in [0.2, 0.25) is 0 Å². The number of aryl methyl sites for hydroxylation is 1. The second-order valence-electron chi connectivity index (χ2n) is 4.81. The maximum atomic E-state index is 11.6. The molecule has 5 heteroatoms. The van der Waals surface area contributed by atoms with E-state index in [9.17, 15) is 4.79 Å². The van der Waals surface area contributed by atoms with Crippen LogP contribution >= 0.6 is 15.9 Å². The zero-order chi connectivity index (χ0) is 13.2. The zero-order valence-electron chi connectivity index (χ0n) is 10.4. The minimum Gasteiger partial charge on any atom is -0.444 e. The van der Waals surface area contributed by atoms with Gasteiger partial charge in [0.1, 0.15) is 5.60 Å². The van der Waals surface area contributed by atoms with Gasteiger partial charge >= 0.3 is 6.09 Å². The van der Waals surface area contributed by atoms with Gasteiger partial charge in [0, 0.05) is 4.47 Å². The number of ether oxygens (including phenoxy) is 1. The van der Waals surface area contributed by atoms with Crippen molar-refractivity contribution in [2.45, 2.75) is 33.3 Å². The molecule has 1 aromatic carbocycles. The summed E-state index contributed by atoms with van der Waals surface area (Å²) in [5, 5.41) is 2.63. The van der Waals surface area contributed by atoms with Gasteiger partial charge < -0.3 is 10.5 Å². The number of carbonyl (C=O) groups excluding carboxylic acids is 1. The summed E-state index contributed by atoms with van der Waals surface area (Å²) >= 11 is 3.35. The third-order valence-corrected chi connectivity index (χ3v) is 2.45. The Labute approximate surface area is 110 Å². The molecule has 1 rings (SSSR count). The van der Waals surface area contributed by atoms with Gasteiger partial charge in [-0.25, -0.2) is 4.79 Å². The van der Waals surface area contributed by atoms with Crippen molar-refractivity contribution in [2.24, 2.45) is 0 Å². The van der Waals surface area contributed by atoms with Crippen LogP contribution in [0.5, 0.6) is 0 Å². The van der Waals surface area contributed by atoms with Crippen LogP contribution in [-0.4, -0.2) is 11.7 Å². The molecule has 1 amide bonds. The molecule has 0 aliphatic heterocycles. The van der Waals surface area contributed by atoms with Gasteiger partial charge in [0.15, 0.2) is 0 Å². The Morgan fingerprint density at radius 2 is 2.00 bits per heavy atom. The first-order chi connectivity index (χ1) is 7.69. The van der Waals surface area contributed by atoms with Gasteiger partial charge in [0.25, 0.3) is 0 Å². The summed E-state index contributed by atoms with van der Waals surface area (Å²) in [6.45, 7) is 7.30. The summed E-state index contributed by atoms with van der Waals surface area (Å²) in [4.78, 5) is 11.6. The molecule has 0 saturated carbocycles. The molecule has 17 heavy (non-hydrogen) atoms. The van der Waals surface area contributed by atoms with E-state index in [4.69, 9.17) is 10.5 Å². The van der Waals surface area contributed by atoms with Gasteiger partial charge in [0.2, 0.25) is 0 Å². The van der Waals surface area contributed by atoms with Crippen LogP contribution in [0.25, 0.3) is 0 Å². The fraction of sp³-hybridized carbons (Fsp3) is 0.417. The van der Waals surface area contributed by atoms with Crippen molar-refractivity contribution in [3.05, 3.63) is 22.2 Å². The third kappa shape index (κ3) is 4.26. The van der Waals surface area contributed by atoms with Gasteiger partial charge in [-0.15, -0.1) is 0 Å². The van der Waals surface area contributed by atoms with E-state index in [2.05, 4.69) is 21.2 Å². The standard InChI is InChI=1S/C12H17BrN2O2/c1-7-5-8(13)6-9(10(7)14)15-11(16)17-12(2,3)4/h5-6H,14H2,1-4H3,(H,15,16). The van der Waals surface area contributed by atoms with Crippen molar-refractivity contribution < 1.29 is 9.53 Å². The van der Waals surface area contributed by atoms with Crippen LogP contribution in [0, 0.1) is 6.92 Å². The number of anilines is 2. The highest BCUT2D eigenvalue weighted by molar-refractivity contribution is 9.10. The van der Waals surface area contributed by atoms with E-state index in [1.807, 2.05) is 33.8 Å². The van der Waals surface area contributed by atoms with E-state index in [-0.39, 0.29) is 0 Å². The highest BCUT2D eigenvalue weighted by atomic mass is 79.9. The Kier molecular flexibility index (Phi) is 4.03. The minimum absolute atomic E-state index is 0.512. The Bertz CT molecular complexity index is 439. The number of benzene rings is 1. The number of nitrogens with one attached hydrogen (secondary N) is 1. The molecular formula is C12H17BrN2O2. The van der Waals surface area contributed by atoms with Crippen LogP contribution in [0.4, 0.5) is 16.2 Å². The Morgan fingerprint density at radius 1 is 1.41 bits per heavy atom. The second-order valence-corrected chi connectivity index (χ2v) is 5.73. The summed E-state index contributed by atoms with van der Waals surface area (Å²) in [5.74, 6) is 0. The molecule has 94 valence electrons. The SMILES string of the molecule is Cc1cc(Br)cc(NC(=O)OC(C)(C)C)c1N. The van der Waals surface area contributed by atoms with Crippen LogP contribution < -0.4 is 11.1 Å². The molecule has 3 N–H and O–H groups in total. The largest absolute Gasteiger partial charge is 0.444 e. The van der Waals surface area contributed by atoms with Crippen molar-refractivity contribution in [3.8, 4) is 0 Å². The Balaban J connectivity index is 2.85. The van der Waals surface area contributed by atoms with Crippen LogP contribution in [0.1, 0.15) is 26.3 Å². The number of halogens is 1. The summed E-state index contributed by atoms with van der Waals surface area (Å²) in [6, 6.07) is 3.63. The maximum absolute atomic E-state index is 11.6. The number of hydrogen-bond donors (Lipinski definition) is 2.